The standard InChI is InChI=1S/C12H9F3N6O2S/c1-24(22,23)11-18-9(16)21-10(19-11)17-8(20-21)6-4-2-3-5-7(6)12(13,14)15/h2-5H,1H3,(H2,16,17,18,19,20). The predicted molar refractivity (Wildman–Crippen MR) is 76.5 cm³/mol. The van der Waals surface area contributed by atoms with Crippen LogP contribution in [0.25, 0.3) is 17.2 Å². The van der Waals surface area contributed by atoms with Gasteiger partial charge in [0, 0.05) is 11.8 Å². The molecule has 0 aliphatic rings. The Kier molecular flexibility index (Phi) is 3.44. The first-order chi connectivity index (χ1) is 11.1. The molecule has 0 saturated heterocycles. The predicted octanol–water partition coefficient (Wildman–Crippen LogP) is 1.19. The summed E-state index contributed by atoms with van der Waals surface area (Å²) in [5.41, 5.74) is 4.38. The van der Waals surface area contributed by atoms with Gasteiger partial charge in [-0.3, -0.25) is 0 Å². The fourth-order valence-electron chi connectivity index (χ4n) is 1.99. The molecule has 0 aliphatic heterocycles. The zero-order valence-electron chi connectivity index (χ0n) is 12.0. The molecule has 2 N–H and O–H groups in total. The van der Waals surface area contributed by atoms with Gasteiger partial charge in [-0.25, -0.2) is 8.42 Å². The fourth-order valence-corrected chi connectivity index (χ4v) is 2.50. The van der Waals surface area contributed by atoms with Crippen molar-refractivity contribution in [3.8, 4) is 11.4 Å². The van der Waals surface area contributed by atoms with Crippen LogP contribution in [0.5, 0.6) is 0 Å². The summed E-state index contributed by atoms with van der Waals surface area (Å²) in [7, 11) is -3.77. The second-order valence-electron chi connectivity index (χ2n) is 4.83. The minimum atomic E-state index is -4.61. The third-order valence-electron chi connectivity index (χ3n) is 3.02. The number of hydrogen-bond donors (Lipinski definition) is 1. The van der Waals surface area contributed by atoms with E-state index < -0.39 is 26.7 Å². The van der Waals surface area contributed by atoms with Crippen molar-refractivity contribution in [1.29, 1.82) is 0 Å². The van der Waals surface area contributed by atoms with E-state index in [-0.39, 0.29) is 23.1 Å². The van der Waals surface area contributed by atoms with Gasteiger partial charge >= 0.3 is 6.18 Å². The summed E-state index contributed by atoms with van der Waals surface area (Å²) in [6.07, 6.45) is -3.74. The van der Waals surface area contributed by atoms with E-state index in [2.05, 4.69) is 20.1 Å². The molecule has 0 unspecified atom stereocenters. The van der Waals surface area contributed by atoms with Crippen LogP contribution in [0.15, 0.2) is 29.4 Å². The Morgan fingerprint density at radius 1 is 1.12 bits per heavy atom. The largest absolute Gasteiger partial charge is 0.417 e. The summed E-state index contributed by atoms with van der Waals surface area (Å²) in [5, 5.41) is 3.25. The maximum atomic E-state index is 13.1. The molecule has 0 spiro atoms. The van der Waals surface area contributed by atoms with Gasteiger partial charge in [-0.05, 0) is 6.07 Å². The van der Waals surface area contributed by atoms with Crippen molar-refractivity contribution in [2.45, 2.75) is 11.3 Å². The molecule has 0 aliphatic carbocycles. The van der Waals surface area contributed by atoms with Crippen molar-refractivity contribution < 1.29 is 21.6 Å². The number of alkyl halides is 3. The van der Waals surface area contributed by atoms with E-state index in [4.69, 9.17) is 5.73 Å². The molecule has 0 fully saturated rings. The smallest absolute Gasteiger partial charge is 0.368 e. The zero-order chi connectivity index (χ0) is 17.7. The zero-order valence-corrected chi connectivity index (χ0v) is 12.8. The van der Waals surface area contributed by atoms with Crippen LogP contribution in [0.2, 0.25) is 0 Å². The molecule has 0 radical (unpaired) electrons. The van der Waals surface area contributed by atoms with Gasteiger partial charge < -0.3 is 5.73 Å². The molecule has 8 nitrogen and oxygen atoms in total. The van der Waals surface area contributed by atoms with Crippen molar-refractivity contribution in [3.05, 3.63) is 29.8 Å². The molecule has 2 aromatic heterocycles. The highest BCUT2D eigenvalue weighted by molar-refractivity contribution is 7.90. The summed E-state index contributed by atoms with van der Waals surface area (Å²) in [4.78, 5) is 11.1. The number of hydrogen-bond acceptors (Lipinski definition) is 7. The first-order valence-corrected chi connectivity index (χ1v) is 8.23. The lowest BCUT2D eigenvalue weighted by Gasteiger charge is -2.09. The third-order valence-corrected chi connectivity index (χ3v) is 3.86. The highest BCUT2D eigenvalue weighted by atomic mass is 32.2. The topological polar surface area (TPSA) is 116 Å². The highest BCUT2D eigenvalue weighted by Crippen LogP contribution is 2.35. The number of halogens is 3. The van der Waals surface area contributed by atoms with Gasteiger partial charge in [-0.1, -0.05) is 18.2 Å². The average molecular weight is 358 g/mol. The molecule has 0 saturated carbocycles. The van der Waals surface area contributed by atoms with Gasteiger partial charge in [-0.15, -0.1) is 5.10 Å². The normalized spacial score (nSPS) is 12.7. The maximum absolute atomic E-state index is 13.1. The van der Waals surface area contributed by atoms with E-state index in [0.29, 0.717) is 0 Å². The molecular weight excluding hydrogens is 349 g/mol. The summed E-state index contributed by atoms with van der Waals surface area (Å²) in [5.74, 6) is -0.923. The Hall–Kier alpha value is -2.76. The minimum absolute atomic E-state index is 0.269. The van der Waals surface area contributed by atoms with Crippen molar-refractivity contribution in [3.63, 3.8) is 0 Å². The quantitative estimate of drug-likeness (QED) is 0.731. The van der Waals surface area contributed by atoms with Crippen LogP contribution in [0.3, 0.4) is 0 Å². The van der Waals surface area contributed by atoms with Crippen LogP contribution in [-0.2, 0) is 16.0 Å². The highest BCUT2D eigenvalue weighted by Gasteiger charge is 2.34. The van der Waals surface area contributed by atoms with E-state index >= 15 is 0 Å². The number of nitrogen functional groups attached to an aromatic ring is 1. The monoisotopic (exact) mass is 358 g/mol. The lowest BCUT2D eigenvalue weighted by Crippen LogP contribution is -2.11. The molecular formula is C12H9F3N6O2S. The Bertz CT molecular complexity index is 1040. The second-order valence-corrected chi connectivity index (χ2v) is 6.74. The van der Waals surface area contributed by atoms with E-state index in [0.717, 1.165) is 16.8 Å². The van der Waals surface area contributed by atoms with Gasteiger partial charge in [0.1, 0.15) is 0 Å². The summed E-state index contributed by atoms with van der Waals surface area (Å²) >= 11 is 0. The number of anilines is 1. The van der Waals surface area contributed by atoms with Crippen LogP contribution in [0.1, 0.15) is 5.56 Å². The fraction of sp³-hybridized carbons (Fsp3) is 0.167. The second kappa shape index (κ2) is 5.12. The molecule has 126 valence electrons. The van der Waals surface area contributed by atoms with Crippen LogP contribution in [0, 0.1) is 0 Å². The average Bonchev–Trinajstić information content (AvgIpc) is 2.90. The molecule has 0 amide bonds. The van der Waals surface area contributed by atoms with E-state index in [1.165, 1.54) is 18.2 Å². The maximum Gasteiger partial charge on any atom is 0.417 e. The number of fused-ring (bicyclic) bond motifs is 1. The molecule has 0 bridgehead atoms. The van der Waals surface area contributed by atoms with Crippen LogP contribution >= 0.6 is 0 Å². The summed E-state index contributed by atoms with van der Waals surface area (Å²) in [6.45, 7) is 0. The number of benzene rings is 1. The molecule has 24 heavy (non-hydrogen) atoms. The molecule has 2 heterocycles. The van der Waals surface area contributed by atoms with Crippen molar-refractivity contribution >= 4 is 21.6 Å². The SMILES string of the molecule is CS(=O)(=O)c1nc(N)n2nc(-c3ccccc3C(F)(F)F)nc2n1. The van der Waals surface area contributed by atoms with Crippen LogP contribution < -0.4 is 5.73 Å². The lowest BCUT2D eigenvalue weighted by atomic mass is 10.1. The Labute approximate surface area is 133 Å². The van der Waals surface area contributed by atoms with Gasteiger partial charge in [0.2, 0.25) is 15.8 Å². The molecule has 0 atom stereocenters. The van der Waals surface area contributed by atoms with Crippen molar-refractivity contribution in [2.75, 3.05) is 12.0 Å². The van der Waals surface area contributed by atoms with Gasteiger partial charge in [0.15, 0.2) is 5.82 Å². The van der Waals surface area contributed by atoms with E-state index in [9.17, 15) is 21.6 Å². The summed E-state index contributed by atoms with van der Waals surface area (Å²) < 4.78 is 63.2. The van der Waals surface area contributed by atoms with Gasteiger partial charge in [-0.2, -0.15) is 32.6 Å². The number of sulfone groups is 1. The molecule has 3 aromatic rings. The Morgan fingerprint density at radius 2 is 1.79 bits per heavy atom. The van der Waals surface area contributed by atoms with Gasteiger partial charge in [0.25, 0.3) is 10.9 Å². The van der Waals surface area contributed by atoms with Crippen molar-refractivity contribution in [1.82, 2.24) is 24.6 Å². The van der Waals surface area contributed by atoms with Gasteiger partial charge in [0.05, 0.1) is 5.56 Å². The third kappa shape index (κ3) is 2.75. The Morgan fingerprint density at radius 3 is 2.42 bits per heavy atom. The van der Waals surface area contributed by atoms with Crippen LogP contribution in [-0.4, -0.2) is 39.2 Å². The molecule has 1 aromatic carbocycles. The van der Waals surface area contributed by atoms with E-state index in [1.807, 2.05) is 0 Å². The lowest BCUT2D eigenvalue weighted by molar-refractivity contribution is -0.137. The van der Waals surface area contributed by atoms with Crippen LogP contribution in [0.4, 0.5) is 19.1 Å². The molecule has 12 heteroatoms. The molecule has 3 rings (SSSR count). The number of aromatic nitrogens is 5. The van der Waals surface area contributed by atoms with Crippen molar-refractivity contribution in [2.24, 2.45) is 0 Å². The number of nitrogens with two attached hydrogens (primary N) is 1. The van der Waals surface area contributed by atoms with E-state index in [1.54, 1.807) is 0 Å². The summed E-state index contributed by atoms with van der Waals surface area (Å²) in [6, 6.07) is 4.71. The minimum Gasteiger partial charge on any atom is -0.368 e. The first kappa shape index (κ1) is 16.1. The first-order valence-electron chi connectivity index (χ1n) is 6.34. The number of rotatable bonds is 2. The Balaban J connectivity index is 2.26. The number of nitrogens with zero attached hydrogens (tertiary/aromatic N) is 5.